The maximum Gasteiger partial charge on any atom is 0.259 e. The van der Waals surface area contributed by atoms with Crippen LogP contribution in [0.3, 0.4) is 0 Å². The number of fused-ring (bicyclic) bond motifs is 1. The predicted octanol–water partition coefficient (Wildman–Crippen LogP) is 3.74. The second kappa shape index (κ2) is 6.24. The highest BCUT2D eigenvalue weighted by molar-refractivity contribution is 6.09. The molecule has 0 aliphatic carbocycles. The summed E-state index contributed by atoms with van der Waals surface area (Å²) in [5.41, 5.74) is 4.03. The van der Waals surface area contributed by atoms with Gasteiger partial charge in [0.25, 0.3) is 5.56 Å². The zero-order valence-electron chi connectivity index (χ0n) is 13.9. The Morgan fingerprint density at radius 1 is 1.12 bits per heavy atom. The molecule has 0 radical (unpaired) electrons. The van der Waals surface area contributed by atoms with Gasteiger partial charge in [-0.1, -0.05) is 35.9 Å². The molecule has 0 atom stereocenters. The van der Waals surface area contributed by atoms with Crippen LogP contribution in [0.4, 0.5) is 0 Å². The molecule has 2 heterocycles. The summed E-state index contributed by atoms with van der Waals surface area (Å²) in [7, 11) is 0. The lowest BCUT2D eigenvalue weighted by Crippen LogP contribution is -2.19. The SMILES string of the molecule is Cc1ccc(C=CC(=O)c2c(C)c3cc(C)ncc3[nH]c2=O)cc1. The van der Waals surface area contributed by atoms with Crippen LogP contribution in [-0.2, 0) is 0 Å². The number of hydrogen-bond acceptors (Lipinski definition) is 3. The standard InChI is InChI=1S/C20H18N2O2/c1-12-4-6-15(7-5-12)8-9-18(23)19-14(3)16-10-13(2)21-11-17(16)22-20(19)24/h4-11H,1-3H3,(H,22,24). The molecule has 120 valence electrons. The van der Waals surface area contributed by atoms with Gasteiger partial charge >= 0.3 is 0 Å². The van der Waals surface area contributed by atoms with Crippen molar-refractivity contribution < 1.29 is 4.79 Å². The number of nitrogens with one attached hydrogen (secondary N) is 1. The van der Waals surface area contributed by atoms with E-state index < -0.39 is 0 Å². The highest BCUT2D eigenvalue weighted by atomic mass is 16.1. The largest absolute Gasteiger partial charge is 0.320 e. The smallest absolute Gasteiger partial charge is 0.259 e. The van der Waals surface area contributed by atoms with E-state index in [1.807, 2.05) is 44.2 Å². The van der Waals surface area contributed by atoms with Crippen molar-refractivity contribution in [3.8, 4) is 0 Å². The number of allylic oxidation sites excluding steroid dienone is 1. The minimum atomic E-state index is -0.385. The van der Waals surface area contributed by atoms with Crippen LogP contribution in [0.2, 0.25) is 0 Å². The summed E-state index contributed by atoms with van der Waals surface area (Å²) >= 11 is 0. The number of aromatic amines is 1. The fourth-order valence-corrected chi connectivity index (χ4v) is 2.69. The first-order valence-electron chi connectivity index (χ1n) is 7.74. The van der Waals surface area contributed by atoms with Gasteiger partial charge in [-0.15, -0.1) is 0 Å². The molecule has 0 spiro atoms. The van der Waals surface area contributed by atoms with Crippen molar-refractivity contribution in [1.82, 2.24) is 9.97 Å². The number of carbonyl (C=O) groups excluding carboxylic acids is 1. The minimum Gasteiger partial charge on any atom is -0.320 e. The van der Waals surface area contributed by atoms with E-state index in [-0.39, 0.29) is 16.9 Å². The van der Waals surface area contributed by atoms with Gasteiger partial charge in [0.2, 0.25) is 0 Å². The molecule has 4 nitrogen and oxygen atoms in total. The van der Waals surface area contributed by atoms with E-state index in [4.69, 9.17) is 0 Å². The third-order valence-electron chi connectivity index (χ3n) is 4.05. The van der Waals surface area contributed by atoms with Crippen LogP contribution in [0.15, 0.2) is 47.4 Å². The van der Waals surface area contributed by atoms with Crippen molar-refractivity contribution in [2.75, 3.05) is 0 Å². The summed E-state index contributed by atoms with van der Waals surface area (Å²) in [4.78, 5) is 31.7. The topological polar surface area (TPSA) is 62.8 Å². The lowest BCUT2D eigenvalue weighted by atomic mass is 10.0. The van der Waals surface area contributed by atoms with Gasteiger partial charge in [0.15, 0.2) is 5.78 Å². The average Bonchev–Trinajstić information content (AvgIpc) is 2.55. The highest BCUT2D eigenvalue weighted by Gasteiger charge is 2.14. The monoisotopic (exact) mass is 318 g/mol. The third kappa shape index (κ3) is 3.04. The minimum absolute atomic E-state index is 0.177. The second-order valence-electron chi connectivity index (χ2n) is 5.93. The molecule has 1 aromatic carbocycles. The first-order chi connectivity index (χ1) is 11.5. The Morgan fingerprint density at radius 3 is 2.54 bits per heavy atom. The molecule has 0 unspecified atom stereocenters. The Bertz CT molecular complexity index is 1010. The van der Waals surface area contributed by atoms with Gasteiger partial charge in [-0.05, 0) is 44.0 Å². The Labute approximate surface area is 139 Å². The van der Waals surface area contributed by atoms with Crippen LogP contribution in [-0.4, -0.2) is 15.8 Å². The molecule has 0 saturated heterocycles. The molecule has 2 aromatic heterocycles. The lowest BCUT2D eigenvalue weighted by Gasteiger charge is -2.07. The van der Waals surface area contributed by atoms with E-state index >= 15 is 0 Å². The summed E-state index contributed by atoms with van der Waals surface area (Å²) < 4.78 is 0. The van der Waals surface area contributed by atoms with Crippen molar-refractivity contribution in [2.24, 2.45) is 0 Å². The molecule has 0 saturated carbocycles. The fraction of sp³-hybridized carbons (Fsp3) is 0.150. The van der Waals surface area contributed by atoms with E-state index in [0.717, 1.165) is 22.2 Å². The second-order valence-corrected chi connectivity index (χ2v) is 5.93. The molecule has 3 rings (SSSR count). The Hall–Kier alpha value is -3.01. The number of aryl methyl sites for hydroxylation is 3. The summed E-state index contributed by atoms with van der Waals surface area (Å²) in [6.45, 7) is 5.68. The quantitative estimate of drug-likeness (QED) is 0.591. The Balaban J connectivity index is 2.03. The highest BCUT2D eigenvalue weighted by Crippen LogP contribution is 2.18. The molecule has 0 aliphatic rings. The number of rotatable bonds is 3. The Kier molecular flexibility index (Phi) is 4.13. The summed E-state index contributed by atoms with van der Waals surface area (Å²) in [6, 6.07) is 9.71. The van der Waals surface area contributed by atoms with Crippen LogP contribution in [0.25, 0.3) is 17.0 Å². The van der Waals surface area contributed by atoms with Crippen LogP contribution < -0.4 is 5.56 Å². The van der Waals surface area contributed by atoms with Gasteiger partial charge in [0, 0.05) is 11.1 Å². The zero-order valence-corrected chi connectivity index (χ0v) is 13.9. The van der Waals surface area contributed by atoms with Gasteiger partial charge in [0.05, 0.1) is 17.3 Å². The van der Waals surface area contributed by atoms with Crippen LogP contribution in [0.5, 0.6) is 0 Å². The van der Waals surface area contributed by atoms with E-state index in [2.05, 4.69) is 9.97 Å². The fourth-order valence-electron chi connectivity index (χ4n) is 2.69. The normalized spacial score (nSPS) is 11.3. The van der Waals surface area contributed by atoms with E-state index in [0.29, 0.717) is 11.1 Å². The average molecular weight is 318 g/mol. The third-order valence-corrected chi connectivity index (χ3v) is 4.05. The Morgan fingerprint density at radius 2 is 1.83 bits per heavy atom. The van der Waals surface area contributed by atoms with Gasteiger partial charge in [-0.25, -0.2) is 0 Å². The lowest BCUT2D eigenvalue weighted by molar-refractivity contribution is 0.104. The predicted molar refractivity (Wildman–Crippen MR) is 96.4 cm³/mol. The van der Waals surface area contributed by atoms with Gasteiger partial charge in [-0.2, -0.15) is 0 Å². The number of hydrogen-bond donors (Lipinski definition) is 1. The van der Waals surface area contributed by atoms with Crippen LogP contribution in [0.1, 0.15) is 32.7 Å². The maximum atomic E-state index is 12.5. The maximum absolute atomic E-state index is 12.5. The molecule has 4 heteroatoms. The van der Waals surface area contributed by atoms with E-state index in [1.54, 1.807) is 19.2 Å². The summed E-state index contributed by atoms with van der Waals surface area (Å²) in [5.74, 6) is -0.300. The number of nitrogens with zero attached hydrogens (tertiary/aromatic N) is 1. The number of aromatic nitrogens is 2. The number of ketones is 1. The van der Waals surface area contributed by atoms with Crippen LogP contribution >= 0.6 is 0 Å². The van der Waals surface area contributed by atoms with E-state index in [1.165, 1.54) is 6.08 Å². The van der Waals surface area contributed by atoms with Gasteiger partial charge in [0.1, 0.15) is 0 Å². The van der Waals surface area contributed by atoms with Gasteiger partial charge < -0.3 is 4.98 Å². The van der Waals surface area contributed by atoms with Crippen LogP contribution in [0, 0.1) is 20.8 Å². The molecule has 1 N–H and O–H groups in total. The van der Waals surface area contributed by atoms with Crippen molar-refractivity contribution in [1.29, 1.82) is 0 Å². The first-order valence-corrected chi connectivity index (χ1v) is 7.74. The number of H-pyrrole nitrogens is 1. The van der Waals surface area contributed by atoms with Crippen molar-refractivity contribution >= 4 is 22.8 Å². The molecule has 0 fully saturated rings. The zero-order chi connectivity index (χ0) is 17.3. The number of benzene rings is 1. The van der Waals surface area contributed by atoms with Gasteiger partial charge in [-0.3, -0.25) is 14.6 Å². The summed E-state index contributed by atoms with van der Waals surface area (Å²) in [5, 5.41) is 0.842. The van der Waals surface area contributed by atoms with Crippen molar-refractivity contribution in [2.45, 2.75) is 20.8 Å². The number of carbonyl (C=O) groups is 1. The molecular formula is C20H18N2O2. The first kappa shape index (κ1) is 15.9. The molecule has 0 aliphatic heterocycles. The molecule has 24 heavy (non-hydrogen) atoms. The molecule has 0 bridgehead atoms. The van der Waals surface area contributed by atoms with Crippen molar-refractivity contribution in [3.63, 3.8) is 0 Å². The summed E-state index contributed by atoms with van der Waals surface area (Å²) in [6.07, 6.45) is 4.79. The molecule has 3 aromatic rings. The molecular weight excluding hydrogens is 300 g/mol. The van der Waals surface area contributed by atoms with Crippen molar-refractivity contribution in [3.05, 3.63) is 80.9 Å². The molecule has 0 amide bonds. The number of pyridine rings is 2. The van der Waals surface area contributed by atoms with E-state index in [9.17, 15) is 9.59 Å².